The van der Waals surface area contributed by atoms with Gasteiger partial charge < -0.3 is 34.3 Å². The van der Waals surface area contributed by atoms with Crippen molar-refractivity contribution in [2.75, 3.05) is 41.0 Å². The van der Waals surface area contributed by atoms with Crippen LogP contribution < -0.4 is 0 Å². The Labute approximate surface area is 207 Å². The molecule has 0 aromatic carbocycles. The van der Waals surface area contributed by atoms with Gasteiger partial charge in [-0.3, -0.25) is 9.69 Å². The van der Waals surface area contributed by atoms with Crippen molar-refractivity contribution in [1.82, 2.24) is 4.90 Å². The fourth-order valence-electron chi connectivity index (χ4n) is 11.0. The lowest BCUT2D eigenvalue weighted by Crippen LogP contribution is -2.82. The van der Waals surface area contributed by atoms with Crippen LogP contribution in [0.15, 0.2) is 0 Å². The summed E-state index contributed by atoms with van der Waals surface area (Å²) in [4.78, 5) is 14.5. The number of ether oxygens (including phenoxy) is 4. The van der Waals surface area contributed by atoms with Gasteiger partial charge in [-0.25, -0.2) is 0 Å². The molecule has 1 spiro atoms. The molecule has 6 aliphatic rings. The molecule has 6 fully saturated rings. The molecule has 13 unspecified atom stereocenters. The average Bonchev–Trinajstić information content (AvgIpc) is 3.21. The van der Waals surface area contributed by atoms with Gasteiger partial charge >= 0.3 is 5.97 Å². The molecule has 1 heterocycles. The lowest BCUT2D eigenvalue weighted by Gasteiger charge is -2.69. The van der Waals surface area contributed by atoms with Crippen LogP contribution in [0.3, 0.4) is 0 Å². The van der Waals surface area contributed by atoms with Gasteiger partial charge in [0.25, 0.3) is 0 Å². The zero-order valence-electron chi connectivity index (χ0n) is 21.5. The SMILES string of the molecule is CCN1CC2(COC)CCC(O)C34C5CC6C(OC)CC(O)(C5C6OC(C)=O)C(O)(C(OC)C23)C14. The number of carbonyl (C=O) groups excluding carboxylic acids is 1. The number of esters is 1. The van der Waals surface area contributed by atoms with Crippen molar-refractivity contribution in [2.24, 2.45) is 34.5 Å². The zero-order valence-corrected chi connectivity index (χ0v) is 21.5. The van der Waals surface area contributed by atoms with E-state index in [4.69, 9.17) is 18.9 Å². The fraction of sp³-hybridized carbons (Fsp3) is 0.962. The number of hydrogen-bond acceptors (Lipinski definition) is 9. The molecule has 13 atom stereocenters. The second kappa shape index (κ2) is 7.62. The summed E-state index contributed by atoms with van der Waals surface area (Å²) < 4.78 is 23.8. The maximum atomic E-state index is 13.0. The predicted molar refractivity (Wildman–Crippen MR) is 123 cm³/mol. The Kier molecular flexibility index (Phi) is 5.34. The van der Waals surface area contributed by atoms with E-state index < -0.39 is 52.9 Å². The lowest BCUT2D eigenvalue weighted by molar-refractivity contribution is -0.318. The summed E-state index contributed by atoms with van der Waals surface area (Å²) in [6.45, 7) is 5.36. The molecular formula is C26H41NO8. The summed E-state index contributed by atoms with van der Waals surface area (Å²) in [6, 6.07) is -0.478. The van der Waals surface area contributed by atoms with Crippen LogP contribution in [0, 0.1) is 34.5 Å². The van der Waals surface area contributed by atoms with Crippen LogP contribution in [0.4, 0.5) is 0 Å². The number of fused-ring (bicyclic) bond motifs is 2. The first-order valence-electron chi connectivity index (χ1n) is 13.2. The maximum absolute atomic E-state index is 13.0. The summed E-state index contributed by atoms with van der Waals surface area (Å²) in [5, 5.41) is 37.7. The van der Waals surface area contributed by atoms with Crippen molar-refractivity contribution >= 4 is 5.97 Å². The first-order chi connectivity index (χ1) is 16.6. The topological polar surface area (TPSA) is 118 Å². The van der Waals surface area contributed by atoms with Gasteiger partial charge in [0.2, 0.25) is 0 Å². The number of likely N-dealkylation sites (tertiary alicyclic amines) is 1. The lowest BCUT2D eigenvalue weighted by atomic mass is 9.42. The number of piperidine rings is 1. The Bertz CT molecular complexity index is 903. The molecule has 1 aliphatic heterocycles. The second-order valence-corrected chi connectivity index (χ2v) is 12.3. The van der Waals surface area contributed by atoms with Gasteiger partial charge in [0.15, 0.2) is 0 Å². The predicted octanol–water partition coefficient (Wildman–Crippen LogP) is 0.188. The quantitative estimate of drug-likeness (QED) is 0.444. The Morgan fingerprint density at radius 1 is 1.17 bits per heavy atom. The van der Waals surface area contributed by atoms with Gasteiger partial charge in [0.05, 0.1) is 31.0 Å². The summed E-state index contributed by atoms with van der Waals surface area (Å²) in [7, 11) is 4.93. The van der Waals surface area contributed by atoms with Crippen molar-refractivity contribution in [3.8, 4) is 0 Å². The molecule has 198 valence electrons. The van der Waals surface area contributed by atoms with E-state index in [2.05, 4.69) is 11.8 Å². The first kappa shape index (κ1) is 24.5. The van der Waals surface area contributed by atoms with Crippen LogP contribution in [0.1, 0.15) is 39.5 Å². The Hall–Kier alpha value is -0.810. The number of nitrogens with zero attached hydrogens (tertiary/aromatic N) is 1. The van der Waals surface area contributed by atoms with E-state index in [0.717, 1.165) is 13.0 Å². The third kappa shape index (κ3) is 2.48. The highest BCUT2D eigenvalue weighted by Gasteiger charge is 2.91. The normalized spacial score (nSPS) is 57.9. The molecule has 5 saturated carbocycles. The molecule has 5 aliphatic carbocycles. The Morgan fingerprint density at radius 3 is 2.51 bits per heavy atom. The van der Waals surface area contributed by atoms with Crippen LogP contribution >= 0.6 is 0 Å². The molecule has 7 bridgehead atoms. The smallest absolute Gasteiger partial charge is 0.302 e. The number of aliphatic hydroxyl groups excluding tert-OH is 1. The molecule has 0 aromatic rings. The average molecular weight is 496 g/mol. The van der Waals surface area contributed by atoms with Crippen molar-refractivity contribution in [3.05, 3.63) is 0 Å². The molecule has 6 rings (SSSR count). The van der Waals surface area contributed by atoms with Crippen LogP contribution in [-0.4, -0.2) is 109 Å². The minimum absolute atomic E-state index is 0.0979. The van der Waals surface area contributed by atoms with Gasteiger partial charge in [-0.05, 0) is 31.7 Å². The van der Waals surface area contributed by atoms with E-state index in [1.54, 1.807) is 21.3 Å². The highest BCUT2D eigenvalue weighted by molar-refractivity contribution is 5.66. The highest BCUT2D eigenvalue weighted by atomic mass is 16.6. The van der Waals surface area contributed by atoms with Gasteiger partial charge in [-0.2, -0.15) is 0 Å². The summed E-state index contributed by atoms with van der Waals surface area (Å²) in [5.41, 5.74) is -4.31. The number of carbonyl (C=O) groups is 1. The van der Waals surface area contributed by atoms with E-state index in [-0.39, 0.29) is 35.7 Å². The fourth-order valence-corrected chi connectivity index (χ4v) is 11.0. The van der Waals surface area contributed by atoms with Crippen molar-refractivity contribution in [2.45, 2.75) is 81.2 Å². The third-order valence-corrected chi connectivity index (χ3v) is 11.5. The summed E-state index contributed by atoms with van der Waals surface area (Å²) >= 11 is 0. The molecular weight excluding hydrogens is 454 g/mol. The molecule has 0 aromatic heterocycles. The van der Waals surface area contributed by atoms with Crippen LogP contribution in [0.25, 0.3) is 0 Å². The number of rotatable bonds is 6. The van der Waals surface area contributed by atoms with E-state index in [0.29, 0.717) is 26.0 Å². The monoisotopic (exact) mass is 495 g/mol. The molecule has 1 saturated heterocycles. The van der Waals surface area contributed by atoms with Crippen molar-refractivity contribution in [1.29, 1.82) is 0 Å². The number of hydrogen-bond donors (Lipinski definition) is 3. The molecule has 35 heavy (non-hydrogen) atoms. The molecule has 9 nitrogen and oxygen atoms in total. The standard InChI is InChI=1S/C26H41NO8/c1-6-27-11-23(12-32-3)8-7-17(29)25-15-9-14-16(33-4)10-24(30,18(15)19(14)35-13(2)28)26(31,22(25)27)21(34-5)20(23)25/h14-22,29-31H,6-12H2,1-5H3. The van der Waals surface area contributed by atoms with Crippen LogP contribution in [0.5, 0.6) is 0 Å². The van der Waals surface area contributed by atoms with E-state index >= 15 is 0 Å². The Morgan fingerprint density at radius 2 is 1.91 bits per heavy atom. The second-order valence-electron chi connectivity index (χ2n) is 12.3. The maximum Gasteiger partial charge on any atom is 0.302 e. The largest absolute Gasteiger partial charge is 0.462 e. The van der Waals surface area contributed by atoms with E-state index in [1.807, 2.05) is 0 Å². The van der Waals surface area contributed by atoms with Crippen molar-refractivity contribution < 1.29 is 39.1 Å². The Balaban J connectivity index is 1.65. The van der Waals surface area contributed by atoms with Gasteiger partial charge in [-0.15, -0.1) is 0 Å². The number of methoxy groups -OCH3 is 3. The van der Waals surface area contributed by atoms with Gasteiger partial charge in [0.1, 0.15) is 17.3 Å². The molecule has 9 heteroatoms. The summed E-state index contributed by atoms with van der Waals surface area (Å²) in [6.07, 6.45) is -0.0360. The highest BCUT2D eigenvalue weighted by Crippen LogP contribution is 2.80. The molecule has 3 N–H and O–H groups in total. The van der Waals surface area contributed by atoms with Gasteiger partial charge in [0, 0.05) is 69.8 Å². The molecule has 0 amide bonds. The minimum atomic E-state index is -1.67. The van der Waals surface area contributed by atoms with Crippen molar-refractivity contribution in [3.63, 3.8) is 0 Å². The van der Waals surface area contributed by atoms with Crippen LogP contribution in [-0.2, 0) is 23.7 Å². The first-order valence-corrected chi connectivity index (χ1v) is 13.2. The van der Waals surface area contributed by atoms with E-state index in [1.165, 1.54) is 6.92 Å². The minimum Gasteiger partial charge on any atom is -0.462 e. The van der Waals surface area contributed by atoms with Gasteiger partial charge in [-0.1, -0.05) is 6.92 Å². The third-order valence-electron chi connectivity index (χ3n) is 11.5. The molecule has 0 radical (unpaired) electrons. The summed E-state index contributed by atoms with van der Waals surface area (Å²) in [5.74, 6) is -1.35. The van der Waals surface area contributed by atoms with Crippen LogP contribution in [0.2, 0.25) is 0 Å². The number of aliphatic hydroxyl groups is 3. The number of likely N-dealkylation sites (N-methyl/N-ethyl adjacent to an activating group) is 1. The zero-order chi connectivity index (χ0) is 25.1. The van der Waals surface area contributed by atoms with E-state index in [9.17, 15) is 20.1 Å².